The Morgan fingerprint density at radius 2 is 1.85 bits per heavy atom. The maximum atomic E-state index is 14.2. The number of amides is 1. The van der Waals surface area contributed by atoms with E-state index in [4.69, 9.17) is 13.9 Å². The molecule has 3 aromatic heterocycles. The fourth-order valence-corrected chi connectivity index (χ4v) is 4.23. The number of carbonyl (C=O) groups excluding carboxylic acids is 1. The number of methoxy groups -OCH3 is 2. The second kappa shape index (κ2) is 9.91. The number of benzene rings is 2. The molecule has 5 aromatic rings. The third kappa shape index (κ3) is 4.50. The number of ether oxygens (including phenoxy) is 2. The Kier molecular flexibility index (Phi) is 6.60. The molecule has 1 amide bonds. The van der Waals surface area contributed by atoms with Crippen LogP contribution >= 0.6 is 0 Å². The van der Waals surface area contributed by atoms with E-state index in [2.05, 4.69) is 15.1 Å². The number of hydrogen-bond donors (Lipinski definition) is 1. The number of aromatic amines is 1. The zero-order valence-electron chi connectivity index (χ0n) is 21.0. The van der Waals surface area contributed by atoms with Gasteiger partial charge in [-0.05, 0) is 17.7 Å². The summed E-state index contributed by atoms with van der Waals surface area (Å²) in [6, 6.07) is 12.5. The fraction of sp³-hybridized carbons (Fsp3) is 0.231. The molecule has 2 aromatic carbocycles. The SMILES string of the molecule is COCCN(C)C(=O)c1[nH]c2c(-c3ccccc3)c(C(F)(F)F)nn2c(=O)c1-c1nc2c(OC)cccc2o1. The number of H-pyrrole nitrogens is 1. The molecule has 0 spiro atoms. The van der Waals surface area contributed by atoms with E-state index in [9.17, 15) is 22.8 Å². The van der Waals surface area contributed by atoms with E-state index < -0.39 is 23.3 Å². The molecule has 0 fully saturated rings. The quantitative estimate of drug-likeness (QED) is 0.328. The van der Waals surface area contributed by atoms with Crippen molar-refractivity contribution in [2.75, 3.05) is 34.4 Å². The molecule has 0 bridgehead atoms. The molecule has 0 saturated heterocycles. The number of nitrogens with one attached hydrogen (secondary N) is 1. The second-order valence-corrected chi connectivity index (χ2v) is 8.57. The van der Waals surface area contributed by atoms with Crippen LogP contribution in [0.1, 0.15) is 16.2 Å². The van der Waals surface area contributed by atoms with E-state index >= 15 is 0 Å². The van der Waals surface area contributed by atoms with Crippen molar-refractivity contribution >= 4 is 22.7 Å². The van der Waals surface area contributed by atoms with E-state index in [1.807, 2.05) is 0 Å². The molecule has 5 rings (SSSR count). The predicted molar refractivity (Wildman–Crippen MR) is 135 cm³/mol. The zero-order chi connectivity index (χ0) is 27.9. The maximum Gasteiger partial charge on any atom is 0.435 e. The van der Waals surface area contributed by atoms with E-state index in [-0.39, 0.29) is 58.2 Å². The van der Waals surface area contributed by atoms with Crippen molar-refractivity contribution in [2.45, 2.75) is 6.18 Å². The summed E-state index contributed by atoms with van der Waals surface area (Å²) in [4.78, 5) is 35.8. The largest absolute Gasteiger partial charge is 0.494 e. The van der Waals surface area contributed by atoms with Crippen molar-refractivity contribution in [2.24, 2.45) is 0 Å². The first-order valence-electron chi connectivity index (χ1n) is 11.7. The maximum absolute atomic E-state index is 14.2. The molecule has 0 aliphatic heterocycles. The van der Waals surface area contributed by atoms with Crippen LogP contribution in [0.4, 0.5) is 13.2 Å². The number of aromatic nitrogens is 4. The number of para-hydroxylation sites is 1. The first kappa shape index (κ1) is 26.0. The number of fused-ring (bicyclic) bond motifs is 2. The summed E-state index contributed by atoms with van der Waals surface area (Å²) in [5, 5.41) is 3.64. The Bertz CT molecular complexity index is 1740. The molecular weight excluding hydrogens is 519 g/mol. The summed E-state index contributed by atoms with van der Waals surface area (Å²) in [6.45, 7) is 0.326. The number of hydrogen-bond acceptors (Lipinski definition) is 7. The van der Waals surface area contributed by atoms with E-state index in [0.29, 0.717) is 10.3 Å². The Balaban J connectivity index is 1.86. The van der Waals surface area contributed by atoms with Gasteiger partial charge in [0.05, 0.1) is 19.3 Å². The van der Waals surface area contributed by atoms with Gasteiger partial charge in [0, 0.05) is 20.7 Å². The van der Waals surface area contributed by atoms with Crippen molar-refractivity contribution in [1.29, 1.82) is 0 Å². The van der Waals surface area contributed by atoms with Crippen molar-refractivity contribution in [3.8, 4) is 28.3 Å². The molecule has 0 radical (unpaired) electrons. The monoisotopic (exact) mass is 541 g/mol. The van der Waals surface area contributed by atoms with Crippen LogP contribution in [0, 0.1) is 0 Å². The molecule has 1 N–H and O–H groups in total. The smallest absolute Gasteiger partial charge is 0.435 e. The minimum atomic E-state index is -4.90. The van der Waals surface area contributed by atoms with Gasteiger partial charge in [-0.3, -0.25) is 9.59 Å². The lowest BCUT2D eigenvalue weighted by atomic mass is 10.1. The molecule has 0 atom stereocenters. The van der Waals surface area contributed by atoms with Crippen LogP contribution in [0.2, 0.25) is 0 Å². The Labute approximate surface area is 218 Å². The highest BCUT2D eigenvalue weighted by Crippen LogP contribution is 2.39. The first-order valence-corrected chi connectivity index (χ1v) is 11.7. The second-order valence-electron chi connectivity index (χ2n) is 8.57. The molecule has 0 saturated carbocycles. The average molecular weight is 541 g/mol. The molecule has 0 aliphatic carbocycles. The van der Waals surface area contributed by atoms with Gasteiger partial charge in [-0.15, -0.1) is 0 Å². The first-order chi connectivity index (χ1) is 18.7. The number of carbonyl (C=O) groups is 1. The van der Waals surface area contributed by atoms with Crippen molar-refractivity contribution in [1.82, 2.24) is 24.5 Å². The van der Waals surface area contributed by atoms with Gasteiger partial charge < -0.3 is 23.8 Å². The summed E-state index contributed by atoms with van der Waals surface area (Å²) >= 11 is 0. The number of alkyl halides is 3. The highest BCUT2D eigenvalue weighted by Gasteiger charge is 2.40. The lowest BCUT2D eigenvalue weighted by Crippen LogP contribution is -2.33. The molecular formula is C26H22F3N5O5. The fourth-order valence-electron chi connectivity index (χ4n) is 4.23. The minimum absolute atomic E-state index is 0.141. The third-order valence-corrected chi connectivity index (χ3v) is 6.12. The lowest BCUT2D eigenvalue weighted by molar-refractivity contribution is -0.140. The van der Waals surface area contributed by atoms with Crippen LogP contribution in [-0.4, -0.2) is 64.8 Å². The van der Waals surface area contributed by atoms with Gasteiger partial charge in [-0.2, -0.15) is 22.8 Å². The highest BCUT2D eigenvalue weighted by atomic mass is 19.4. The van der Waals surface area contributed by atoms with Gasteiger partial charge >= 0.3 is 6.18 Å². The van der Waals surface area contributed by atoms with Gasteiger partial charge in [0.2, 0.25) is 5.89 Å². The summed E-state index contributed by atoms with van der Waals surface area (Å²) in [6.07, 6.45) is -4.90. The van der Waals surface area contributed by atoms with Gasteiger partial charge in [0.25, 0.3) is 11.5 Å². The predicted octanol–water partition coefficient (Wildman–Crippen LogP) is 4.24. The van der Waals surface area contributed by atoms with Crippen molar-refractivity contribution in [3.63, 3.8) is 0 Å². The molecule has 3 heterocycles. The highest BCUT2D eigenvalue weighted by molar-refractivity contribution is 5.99. The van der Waals surface area contributed by atoms with E-state index in [1.54, 1.807) is 36.4 Å². The lowest BCUT2D eigenvalue weighted by Gasteiger charge is -2.18. The van der Waals surface area contributed by atoms with Gasteiger partial charge in [0.15, 0.2) is 16.8 Å². The third-order valence-electron chi connectivity index (χ3n) is 6.12. The van der Waals surface area contributed by atoms with Crippen LogP contribution in [0.5, 0.6) is 5.75 Å². The van der Waals surface area contributed by atoms with E-state index in [0.717, 1.165) is 0 Å². The van der Waals surface area contributed by atoms with Crippen LogP contribution in [0.25, 0.3) is 39.3 Å². The number of rotatable bonds is 7. The Hall–Kier alpha value is -4.65. The number of likely N-dealkylation sites (N-methyl/N-ethyl adjacent to an activating group) is 1. The van der Waals surface area contributed by atoms with Gasteiger partial charge in [-0.1, -0.05) is 36.4 Å². The Morgan fingerprint density at radius 3 is 2.51 bits per heavy atom. The molecule has 0 unspecified atom stereocenters. The van der Waals surface area contributed by atoms with E-state index in [1.165, 1.54) is 38.3 Å². The van der Waals surface area contributed by atoms with Gasteiger partial charge in [0.1, 0.15) is 22.7 Å². The van der Waals surface area contributed by atoms with Crippen molar-refractivity contribution < 1.29 is 31.9 Å². The molecule has 39 heavy (non-hydrogen) atoms. The number of halogens is 3. The topological polar surface area (TPSA) is 115 Å². The summed E-state index contributed by atoms with van der Waals surface area (Å²) in [5.41, 5.74) is -3.03. The van der Waals surface area contributed by atoms with Crippen molar-refractivity contribution in [3.05, 3.63) is 70.3 Å². The molecule has 10 nitrogen and oxygen atoms in total. The van der Waals surface area contributed by atoms with Crippen LogP contribution in [0.15, 0.2) is 57.7 Å². The standard InChI is InChI=1S/C26H22F3N5O5/c1-33(12-13-37-2)25(36)20-18(23-31-19-15(38-3)10-7-11-16(19)39-23)24(35)34-22(30-20)17(14-8-5-4-6-9-14)21(32-34)26(27,28)29/h4-11,30H,12-13H2,1-3H3. The van der Waals surface area contributed by atoms with Crippen LogP contribution in [0.3, 0.4) is 0 Å². The molecule has 202 valence electrons. The van der Waals surface area contributed by atoms with Gasteiger partial charge in [-0.25, -0.2) is 4.98 Å². The van der Waals surface area contributed by atoms with Crippen LogP contribution in [-0.2, 0) is 10.9 Å². The minimum Gasteiger partial charge on any atom is -0.494 e. The summed E-state index contributed by atoms with van der Waals surface area (Å²) < 4.78 is 59.2. The zero-order valence-corrected chi connectivity index (χ0v) is 21.0. The summed E-state index contributed by atoms with van der Waals surface area (Å²) in [7, 11) is 4.36. The summed E-state index contributed by atoms with van der Waals surface area (Å²) in [5.74, 6) is -0.633. The average Bonchev–Trinajstić information content (AvgIpc) is 3.53. The normalized spacial score (nSPS) is 11.8. The number of oxazole rings is 1. The molecule has 13 heteroatoms. The Morgan fingerprint density at radius 1 is 1.10 bits per heavy atom. The van der Waals surface area contributed by atoms with Crippen LogP contribution < -0.4 is 10.3 Å². The molecule has 0 aliphatic rings. The number of nitrogens with zero attached hydrogens (tertiary/aromatic N) is 4.